The Morgan fingerprint density at radius 1 is 1.50 bits per heavy atom. The first-order chi connectivity index (χ1) is 6.79. The highest BCUT2D eigenvalue weighted by molar-refractivity contribution is 5.96. The second-order valence-electron chi connectivity index (χ2n) is 2.72. The van der Waals surface area contributed by atoms with Crippen molar-refractivity contribution in [1.29, 1.82) is 0 Å². The Kier molecular flexibility index (Phi) is 4.07. The van der Waals surface area contributed by atoms with Crippen LogP contribution in [0.5, 0.6) is 5.75 Å². The molecule has 1 rings (SSSR count). The zero-order chi connectivity index (χ0) is 10.4. The van der Waals surface area contributed by atoms with Crippen LogP contribution in [0.4, 0.5) is 0 Å². The first-order valence-electron chi connectivity index (χ1n) is 4.30. The van der Waals surface area contributed by atoms with Crippen molar-refractivity contribution in [2.75, 3.05) is 20.8 Å². The number of hydrogen-bond acceptors (Lipinski definition) is 4. The smallest absolute Gasteiger partial charge is 0.187 e. The van der Waals surface area contributed by atoms with Gasteiger partial charge in [-0.3, -0.25) is 4.79 Å². The highest BCUT2D eigenvalue weighted by Crippen LogP contribution is 2.15. The average Bonchev–Trinajstić information content (AvgIpc) is 2.25. The highest BCUT2D eigenvalue weighted by Gasteiger charge is 2.12. The number of nitrogens with zero attached hydrogens (tertiary/aromatic N) is 1. The minimum atomic E-state index is -0.0655. The fourth-order valence-corrected chi connectivity index (χ4v) is 1.08. The summed E-state index contributed by atoms with van der Waals surface area (Å²) in [5.41, 5.74) is 0.368. The number of Topliss-reactive ketones (excluding diaryl/α,β-unsaturated/α-hetero) is 1. The van der Waals surface area contributed by atoms with Gasteiger partial charge in [0.05, 0.1) is 13.7 Å². The standard InChI is InChI=1S/C10H13NO3/c1-13-7-5-8(12)10-9(14-2)4-3-6-11-10/h3-4,6H,5,7H2,1-2H3. The molecule has 4 heteroatoms. The third-order valence-corrected chi connectivity index (χ3v) is 1.79. The van der Waals surface area contributed by atoms with Gasteiger partial charge in [0.2, 0.25) is 0 Å². The van der Waals surface area contributed by atoms with Gasteiger partial charge in [-0.15, -0.1) is 0 Å². The van der Waals surface area contributed by atoms with Crippen LogP contribution in [0.3, 0.4) is 0 Å². The summed E-state index contributed by atoms with van der Waals surface area (Å²) in [6, 6.07) is 3.44. The third-order valence-electron chi connectivity index (χ3n) is 1.79. The fourth-order valence-electron chi connectivity index (χ4n) is 1.08. The maximum absolute atomic E-state index is 11.6. The SMILES string of the molecule is COCCC(=O)c1ncccc1OC. The lowest BCUT2D eigenvalue weighted by atomic mass is 10.2. The summed E-state index contributed by atoms with van der Waals surface area (Å²) in [7, 11) is 3.08. The molecule has 1 aromatic heterocycles. The van der Waals surface area contributed by atoms with E-state index in [2.05, 4.69) is 4.98 Å². The molecule has 0 saturated carbocycles. The molecule has 0 saturated heterocycles. The maximum atomic E-state index is 11.6. The van der Waals surface area contributed by atoms with E-state index in [0.29, 0.717) is 24.5 Å². The van der Waals surface area contributed by atoms with E-state index in [-0.39, 0.29) is 5.78 Å². The zero-order valence-corrected chi connectivity index (χ0v) is 8.32. The molecule has 0 atom stereocenters. The first kappa shape index (κ1) is 10.7. The molecule has 0 aromatic carbocycles. The molecule has 0 N–H and O–H groups in total. The molecule has 0 amide bonds. The molecule has 0 aliphatic carbocycles. The van der Waals surface area contributed by atoms with Crippen LogP contribution in [-0.2, 0) is 4.74 Å². The van der Waals surface area contributed by atoms with E-state index >= 15 is 0 Å². The van der Waals surface area contributed by atoms with Crippen LogP contribution in [0.1, 0.15) is 16.9 Å². The predicted octanol–water partition coefficient (Wildman–Crippen LogP) is 1.31. The second-order valence-corrected chi connectivity index (χ2v) is 2.72. The summed E-state index contributed by atoms with van der Waals surface area (Å²) in [6.45, 7) is 0.401. The van der Waals surface area contributed by atoms with Crippen LogP contribution in [-0.4, -0.2) is 31.6 Å². The Hall–Kier alpha value is -1.42. The number of pyridine rings is 1. The minimum Gasteiger partial charge on any atom is -0.494 e. The Bertz CT molecular complexity index is 312. The van der Waals surface area contributed by atoms with Crippen molar-refractivity contribution < 1.29 is 14.3 Å². The molecular formula is C10H13NO3. The Morgan fingerprint density at radius 2 is 2.29 bits per heavy atom. The van der Waals surface area contributed by atoms with Crippen molar-refractivity contribution in [3.63, 3.8) is 0 Å². The van der Waals surface area contributed by atoms with Crippen LogP contribution in [0, 0.1) is 0 Å². The van der Waals surface area contributed by atoms with Crippen molar-refractivity contribution >= 4 is 5.78 Å². The summed E-state index contributed by atoms with van der Waals surface area (Å²) in [5.74, 6) is 0.443. The number of aromatic nitrogens is 1. The molecule has 1 aromatic rings. The molecule has 0 aliphatic rings. The monoisotopic (exact) mass is 195 g/mol. The molecule has 0 fully saturated rings. The summed E-state index contributed by atoms with van der Waals surface area (Å²) >= 11 is 0. The maximum Gasteiger partial charge on any atom is 0.187 e. The van der Waals surface area contributed by atoms with Crippen molar-refractivity contribution in [3.05, 3.63) is 24.0 Å². The van der Waals surface area contributed by atoms with E-state index in [1.807, 2.05) is 0 Å². The van der Waals surface area contributed by atoms with Gasteiger partial charge in [0.25, 0.3) is 0 Å². The topological polar surface area (TPSA) is 48.4 Å². The van der Waals surface area contributed by atoms with E-state index in [0.717, 1.165) is 0 Å². The van der Waals surface area contributed by atoms with Gasteiger partial charge in [-0.05, 0) is 12.1 Å². The number of ketones is 1. The molecule has 14 heavy (non-hydrogen) atoms. The molecule has 0 unspecified atom stereocenters. The molecule has 0 bridgehead atoms. The van der Waals surface area contributed by atoms with Crippen molar-refractivity contribution in [2.45, 2.75) is 6.42 Å². The quantitative estimate of drug-likeness (QED) is 0.664. The van der Waals surface area contributed by atoms with Gasteiger partial charge < -0.3 is 9.47 Å². The lowest BCUT2D eigenvalue weighted by molar-refractivity contribution is 0.0924. The van der Waals surface area contributed by atoms with Crippen LogP contribution < -0.4 is 4.74 Å². The van der Waals surface area contributed by atoms with Crippen molar-refractivity contribution in [2.24, 2.45) is 0 Å². The van der Waals surface area contributed by atoms with E-state index in [1.54, 1.807) is 25.4 Å². The lowest BCUT2D eigenvalue weighted by Gasteiger charge is -2.05. The predicted molar refractivity (Wildman–Crippen MR) is 51.6 cm³/mol. The Labute approximate surface area is 82.9 Å². The van der Waals surface area contributed by atoms with Crippen LogP contribution >= 0.6 is 0 Å². The number of methoxy groups -OCH3 is 2. The third kappa shape index (κ3) is 2.53. The number of carbonyl (C=O) groups is 1. The molecule has 0 aliphatic heterocycles. The van der Waals surface area contributed by atoms with Gasteiger partial charge in [-0.25, -0.2) is 4.98 Å². The highest BCUT2D eigenvalue weighted by atomic mass is 16.5. The van der Waals surface area contributed by atoms with Gasteiger partial charge in [0.15, 0.2) is 5.78 Å². The fraction of sp³-hybridized carbons (Fsp3) is 0.400. The van der Waals surface area contributed by atoms with Crippen LogP contribution in [0.25, 0.3) is 0 Å². The van der Waals surface area contributed by atoms with Gasteiger partial charge in [-0.2, -0.15) is 0 Å². The second kappa shape index (κ2) is 5.34. The van der Waals surface area contributed by atoms with E-state index in [1.165, 1.54) is 7.11 Å². The van der Waals surface area contributed by atoms with Crippen molar-refractivity contribution in [1.82, 2.24) is 4.98 Å². The summed E-state index contributed by atoms with van der Waals surface area (Å²) < 4.78 is 9.84. The molecule has 4 nitrogen and oxygen atoms in total. The Balaban J connectivity index is 2.78. The summed E-state index contributed by atoms with van der Waals surface area (Å²) in [5, 5.41) is 0. The van der Waals surface area contributed by atoms with Gasteiger partial charge in [-0.1, -0.05) is 0 Å². The zero-order valence-electron chi connectivity index (χ0n) is 8.32. The molecule has 0 radical (unpaired) electrons. The van der Waals surface area contributed by atoms with Crippen molar-refractivity contribution in [3.8, 4) is 5.75 Å². The van der Waals surface area contributed by atoms with Gasteiger partial charge in [0, 0.05) is 19.7 Å². The van der Waals surface area contributed by atoms with Gasteiger partial charge in [0.1, 0.15) is 11.4 Å². The van der Waals surface area contributed by atoms with Crippen LogP contribution in [0.15, 0.2) is 18.3 Å². The normalized spacial score (nSPS) is 9.86. The summed E-state index contributed by atoms with van der Waals surface area (Å²) in [4.78, 5) is 15.5. The molecule has 1 heterocycles. The number of hydrogen-bond donors (Lipinski definition) is 0. The summed E-state index contributed by atoms with van der Waals surface area (Å²) in [6.07, 6.45) is 1.90. The Morgan fingerprint density at radius 3 is 2.93 bits per heavy atom. The molecule has 0 spiro atoms. The number of carbonyl (C=O) groups excluding carboxylic acids is 1. The average molecular weight is 195 g/mol. The lowest BCUT2D eigenvalue weighted by Crippen LogP contribution is -2.07. The van der Waals surface area contributed by atoms with Crippen LogP contribution in [0.2, 0.25) is 0 Å². The van der Waals surface area contributed by atoms with E-state index in [9.17, 15) is 4.79 Å². The minimum absolute atomic E-state index is 0.0655. The molecule has 76 valence electrons. The van der Waals surface area contributed by atoms with Gasteiger partial charge >= 0.3 is 0 Å². The largest absolute Gasteiger partial charge is 0.494 e. The number of ether oxygens (including phenoxy) is 2. The first-order valence-corrected chi connectivity index (χ1v) is 4.30. The van der Waals surface area contributed by atoms with E-state index < -0.39 is 0 Å². The molecular weight excluding hydrogens is 182 g/mol. The number of rotatable bonds is 5. The van der Waals surface area contributed by atoms with E-state index in [4.69, 9.17) is 9.47 Å².